The number of likely N-dealkylation sites (tertiary alicyclic amines) is 1. The number of halogens is 2. The second kappa shape index (κ2) is 8.26. The van der Waals surface area contributed by atoms with E-state index in [1.54, 1.807) is 0 Å². The average Bonchev–Trinajstić information content (AvgIpc) is 2.93. The maximum Gasteiger partial charge on any atom is 0.329 e. The van der Waals surface area contributed by atoms with Crippen LogP contribution >= 0.6 is 11.6 Å². The molecule has 1 saturated heterocycles. The van der Waals surface area contributed by atoms with E-state index >= 15 is 0 Å². The van der Waals surface area contributed by atoms with Gasteiger partial charge in [0.05, 0.1) is 16.9 Å². The van der Waals surface area contributed by atoms with Crippen LogP contribution < -0.4 is 5.32 Å². The Morgan fingerprint density at radius 3 is 2.43 bits per heavy atom. The van der Waals surface area contributed by atoms with E-state index in [4.69, 9.17) is 16.3 Å². The highest BCUT2D eigenvalue weighted by atomic mass is 35.5. The summed E-state index contributed by atoms with van der Waals surface area (Å²) in [6.07, 6.45) is 3.08. The average molecular weight is 411 g/mol. The van der Waals surface area contributed by atoms with Crippen molar-refractivity contribution in [3.8, 4) is 0 Å². The van der Waals surface area contributed by atoms with Crippen LogP contribution in [0.3, 0.4) is 0 Å². The number of rotatable bonds is 5. The Morgan fingerprint density at radius 2 is 1.86 bits per heavy atom. The molecule has 7 nitrogen and oxygen atoms in total. The fourth-order valence-electron chi connectivity index (χ4n) is 3.70. The Morgan fingerprint density at radius 1 is 1.25 bits per heavy atom. The Hall–Kier alpha value is -2.48. The Bertz CT molecular complexity index is 807. The van der Waals surface area contributed by atoms with E-state index in [-0.39, 0.29) is 34.4 Å². The topological polar surface area (TPSA) is 92.8 Å². The lowest BCUT2D eigenvalue weighted by Crippen LogP contribution is -2.45. The number of carbonyl (C=O) groups excluding carboxylic acids is 4. The summed E-state index contributed by atoms with van der Waals surface area (Å²) in [4.78, 5) is 50.2. The molecule has 3 atom stereocenters. The molecule has 0 radical (unpaired) electrons. The summed E-state index contributed by atoms with van der Waals surface area (Å²) < 4.78 is 18.1. The van der Waals surface area contributed by atoms with Crippen LogP contribution in [0.15, 0.2) is 18.2 Å². The monoisotopic (exact) mass is 410 g/mol. The van der Waals surface area contributed by atoms with Gasteiger partial charge in [0.1, 0.15) is 11.9 Å². The molecule has 2 aliphatic rings. The highest BCUT2D eigenvalue weighted by Crippen LogP contribution is 2.38. The van der Waals surface area contributed by atoms with E-state index in [1.807, 2.05) is 0 Å². The SMILES string of the molecule is CC(C(=O)OCC(=O)Nc1ccc(F)c(Cl)c1)N1C(=O)C2CCCCC2C1=O. The van der Waals surface area contributed by atoms with E-state index < -0.39 is 30.3 Å². The van der Waals surface area contributed by atoms with Crippen LogP contribution in [-0.4, -0.2) is 41.2 Å². The van der Waals surface area contributed by atoms with Gasteiger partial charge in [-0.3, -0.25) is 19.3 Å². The molecule has 3 amide bonds. The number of esters is 1. The molecular formula is C19H20ClFN2O5. The number of nitrogens with zero attached hydrogens (tertiary/aromatic N) is 1. The largest absolute Gasteiger partial charge is 0.454 e. The molecule has 28 heavy (non-hydrogen) atoms. The molecule has 1 N–H and O–H groups in total. The first-order valence-corrected chi connectivity index (χ1v) is 9.46. The van der Waals surface area contributed by atoms with Gasteiger partial charge in [0.2, 0.25) is 11.8 Å². The fourth-order valence-corrected chi connectivity index (χ4v) is 3.88. The summed E-state index contributed by atoms with van der Waals surface area (Å²) in [5, 5.41) is 2.26. The third kappa shape index (κ3) is 4.01. The number of benzene rings is 1. The number of hydrogen-bond acceptors (Lipinski definition) is 5. The van der Waals surface area contributed by atoms with Gasteiger partial charge in [0.25, 0.3) is 5.91 Å². The van der Waals surface area contributed by atoms with Crippen molar-refractivity contribution in [2.75, 3.05) is 11.9 Å². The van der Waals surface area contributed by atoms with Gasteiger partial charge in [-0.15, -0.1) is 0 Å². The number of ether oxygens (including phenoxy) is 1. The van der Waals surface area contributed by atoms with Crippen molar-refractivity contribution < 1.29 is 28.3 Å². The standard InChI is InChI=1S/C19H20ClFN2O5/c1-10(23-17(25)12-4-2-3-5-13(12)18(23)26)19(27)28-9-16(24)22-11-6-7-15(21)14(20)8-11/h6-8,10,12-13H,2-5,9H2,1H3,(H,22,24). The molecular weight excluding hydrogens is 391 g/mol. The highest BCUT2D eigenvalue weighted by Gasteiger charge is 2.51. The minimum absolute atomic E-state index is 0.157. The molecule has 150 valence electrons. The Balaban J connectivity index is 1.55. The third-order valence-corrected chi connectivity index (χ3v) is 5.44. The van der Waals surface area contributed by atoms with Gasteiger partial charge in [-0.2, -0.15) is 0 Å². The first-order valence-electron chi connectivity index (χ1n) is 9.08. The van der Waals surface area contributed by atoms with Crippen LogP contribution in [0.4, 0.5) is 10.1 Å². The number of carbonyl (C=O) groups is 4. The van der Waals surface area contributed by atoms with Crippen molar-refractivity contribution >= 4 is 41.0 Å². The van der Waals surface area contributed by atoms with Crippen LogP contribution in [0.2, 0.25) is 5.02 Å². The van der Waals surface area contributed by atoms with Crippen molar-refractivity contribution in [2.24, 2.45) is 11.8 Å². The number of nitrogens with one attached hydrogen (secondary N) is 1. The molecule has 1 heterocycles. The maximum atomic E-state index is 13.1. The third-order valence-electron chi connectivity index (χ3n) is 5.15. The second-order valence-corrected chi connectivity index (χ2v) is 7.41. The lowest BCUT2D eigenvalue weighted by atomic mass is 9.81. The first-order chi connectivity index (χ1) is 13.3. The van der Waals surface area contributed by atoms with Crippen LogP contribution in [0.25, 0.3) is 0 Å². The zero-order valence-corrected chi connectivity index (χ0v) is 16.0. The summed E-state index contributed by atoms with van der Waals surface area (Å²) in [5.74, 6) is -3.52. The zero-order chi connectivity index (χ0) is 20.4. The number of amides is 3. The quantitative estimate of drug-likeness (QED) is 0.594. The number of hydrogen-bond donors (Lipinski definition) is 1. The van der Waals surface area contributed by atoms with Gasteiger partial charge >= 0.3 is 5.97 Å². The van der Waals surface area contributed by atoms with Crippen molar-refractivity contribution in [3.05, 3.63) is 29.0 Å². The lowest BCUT2D eigenvalue weighted by molar-refractivity contribution is -0.159. The molecule has 1 aromatic carbocycles. The first kappa shape index (κ1) is 20.3. The van der Waals surface area contributed by atoms with E-state index in [0.717, 1.165) is 23.8 Å². The summed E-state index contributed by atoms with van der Waals surface area (Å²) in [6.45, 7) is 0.800. The van der Waals surface area contributed by atoms with Crippen LogP contribution in [0, 0.1) is 17.7 Å². The molecule has 9 heteroatoms. The van der Waals surface area contributed by atoms with Crippen molar-refractivity contribution in [2.45, 2.75) is 38.6 Å². The molecule has 2 fully saturated rings. The number of anilines is 1. The van der Waals surface area contributed by atoms with Crippen molar-refractivity contribution in [1.29, 1.82) is 0 Å². The number of imide groups is 1. The van der Waals surface area contributed by atoms with Gasteiger partial charge in [-0.05, 0) is 38.0 Å². The second-order valence-electron chi connectivity index (χ2n) is 7.00. The lowest BCUT2D eigenvalue weighted by Gasteiger charge is -2.21. The molecule has 1 aliphatic heterocycles. The highest BCUT2D eigenvalue weighted by molar-refractivity contribution is 6.31. The summed E-state index contributed by atoms with van der Waals surface area (Å²) in [7, 11) is 0. The molecule has 0 bridgehead atoms. The van der Waals surface area contributed by atoms with E-state index in [2.05, 4.69) is 5.32 Å². The summed E-state index contributed by atoms with van der Waals surface area (Å²) >= 11 is 5.64. The van der Waals surface area contributed by atoms with Crippen LogP contribution in [-0.2, 0) is 23.9 Å². The van der Waals surface area contributed by atoms with Gasteiger partial charge in [0, 0.05) is 5.69 Å². The van der Waals surface area contributed by atoms with Crippen molar-refractivity contribution in [3.63, 3.8) is 0 Å². The minimum atomic E-state index is -1.10. The molecule has 3 rings (SSSR count). The zero-order valence-electron chi connectivity index (χ0n) is 15.2. The van der Waals surface area contributed by atoms with Gasteiger partial charge in [-0.1, -0.05) is 24.4 Å². The van der Waals surface area contributed by atoms with Gasteiger partial charge in [0.15, 0.2) is 6.61 Å². The van der Waals surface area contributed by atoms with E-state index in [9.17, 15) is 23.6 Å². The Kier molecular flexibility index (Phi) is 5.98. The summed E-state index contributed by atoms with van der Waals surface area (Å²) in [6, 6.07) is 2.53. The van der Waals surface area contributed by atoms with Crippen LogP contribution in [0.5, 0.6) is 0 Å². The summed E-state index contributed by atoms with van der Waals surface area (Å²) in [5.41, 5.74) is 0.245. The molecule has 0 aromatic heterocycles. The number of fused-ring (bicyclic) bond motifs is 1. The molecule has 1 aromatic rings. The fraction of sp³-hybridized carbons (Fsp3) is 0.474. The molecule has 1 aliphatic carbocycles. The van der Waals surface area contributed by atoms with Crippen molar-refractivity contribution in [1.82, 2.24) is 4.90 Å². The molecule has 1 saturated carbocycles. The predicted molar refractivity (Wildman–Crippen MR) is 97.8 cm³/mol. The smallest absolute Gasteiger partial charge is 0.329 e. The maximum absolute atomic E-state index is 13.1. The van der Waals surface area contributed by atoms with Gasteiger partial charge < -0.3 is 10.1 Å². The van der Waals surface area contributed by atoms with E-state index in [0.29, 0.717) is 12.8 Å². The molecule has 3 unspecified atom stereocenters. The van der Waals surface area contributed by atoms with Crippen LogP contribution in [0.1, 0.15) is 32.6 Å². The van der Waals surface area contributed by atoms with Gasteiger partial charge in [-0.25, -0.2) is 9.18 Å². The Labute approximate surface area is 166 Å². The normalized spacial score (nSPS) is 22.6. The molecule has 0 spiro atoms. The predicted octanol–water partition coefficient (Wildman–Crippen LogP) is 2.52. The van der Waals surface area contributed by atoms with E-state index in [1.165, 1.54) is 19.1 Å². The minimum Gasteiger partial charge on any atom is -0.454 e.